The fourth-order valence-electron chi connectivity index (χ4n) is 2.75. The zero-order valence-electron chi connectivity index (χ0n) is 18.9. The van der Waals surface area contributed by atoms with E-state index in [1.807, 2.05) is 27.7 Å². The summed E-state index contributed by atoms with van der Waals surface area (Å²) in [6, 6.07) is -0.600. The van der Waals surface area contributed by atoms with Crippen molar-refractivity contribution in [3.8, 4) is 0 Å². The molecule has 0 saturated carbocycles. The second-order valence-electron chi connectivity index (χ2n) is 7.75. The average Bonchev–Trinajstić information content (AvgIpc) is 2.58. The smallest absolute Gasteiger partial charge is 0.300 e. The number of nitrogens with two attached hydrogens (primary N) is 1. The molecule has 0 aliphatic rings. The van der Waals surface area contributed by atoms with E-state index in [0.717, 1.165) is 6.92 Å². The second kappa shape index (κ2) is 15.4. The average molecular weight is 438 g/mol. The first-order chi connectivity index (χ1) is 13.3. The molecule has 9 nitrogen and oxygen atoms in total. The largest absolute Gasteiger partial charge is 0.481 e. The molecule has 0 aromatic heterocycles. The van der Waals surface area contributed by atoms with Crippen LogP contribution in [0.25, 0.3) is 0 Å². The minimum atomic E-state index is -3.05. The standard InChI is InChI=1S/C17H36N3O4P.C2H4O2/c1-7-24-25(23,11-18)10-14(8-12(2)3)16(21)20-15(9-13(4)5)17(22)19-6;1-2(3)4/h12-15H,7-11,18H2,1-6H3,(H,19,22)(H,20,21);1H3,(H,3,4)/t14?,15-,25?;/m0./s1. The summed E-state index contributed by atoms with van der Waals surface area (Å²) < 4.78 is 18.1. The molecule has 0 rings (SSSR count). The van der Waals surface area contributed by atoms with Crippen molar-refractivity contribution in [3.05, 3.63) is 0 Å². The molecular formula is C19H40N3O6P. The SMILES string of the molecule is CC(=O)O.CCOP(=O)(CN)CC(CC(C)C)C(=O)N[C@@H](CC(C)C)C(=O)NC. The zero-order chi connectivity index (χ0) is 23.2. The van der Waals surface area contributed by atoms with Crippen molar-refractivity contribution in [3.63, 3.8) is 0 Å². The molecule has 0 aromatic rings. The van der Waals surface area contributed by atoms with Crippen LogP contribution in [0.1, 0.15) is 54.4 Å². The van der Waals surface area contributed by atoms with Crippen LogP contribution in [0.2, 0.25) is 0 Å². The Bertz CT molecular complexity index is 550. The van der Waals surface area contributed by atoms with Gasteiger partial charge in [0.25, 0.3) is 5.97 Å². The molecule has 0 bridgehead atoms. The summed E-state index contributed by atoms with van der Waals surface area (Å²) >= 11 is 0. The number of rotatable bonds is 12. The van der Waals surface area contributed by atoms with Crippen molar-refractivity contribution in [1.29, 1.82) is 0 Å². The highest BCUT2D eigenvalue weighted by Crippen LogP contribution is 2.47. The van der Waals surface area contributed by atoms with Gasteiger partial charge in [-0.25, -0.2) is 0 Å². The van der Waals surface area contributed by atoms with Gasteiger partial charge in [-0.1, -0.05) is 27.7 Å². The molecule has 172 valence electrons. The number of hydrogen-bond acceptors (Lipinski definition) is 6. The van der Waals surface area contributed by atoms with Crippen LogP contribution in [-0.2, 0) is 23.5 Å². The maximum atomic E-state index is 12.8. The van der Waals surface area contributed by atoms with Crippen LogP contribution in [0.3, 0.4) is 0 Å². The maximum absolute atomic E-state index is 12.8. The molecule has 0 spiro atoms. The lowest BCUT2D eigenvalue weighted by Crippen LogP contribution is -2.49. The van der Waals surface area contributed by atoms with Gasteiger partial charge in [0.1, 0.15) is 6.04 Å². The number of aliphatic carboxylic acids is 1. The number of amides is 2. The number of nitrogens with one attached hydrogen (secondary N) is 2. The van der Waals surface area contributed by atoms with Crippen LogP contribution in [0, 0.1) is 17.8 Å². The fourth-order valence-corrected chi connectivity index (χ4v) is 4.57. The Hall–Kier alpha value is -1.44. The lowest BCUT2D eigenvalue weighted by atomic mass is 9.96. The number of carboxylic acids is 1. The Balaban J connectivity index is 0. The van der Waals surface area contributed by atoms with Crippen molar-refractivity contribution in [1.82, 2.24) is 10.6 Å². The highest BCUT2D eigenvalue weighted by atomic mass is 31.2. The fraction of sp³-hybridized carbons (Fsp3) is 0.842. The molecule has 29 heavy (non-hydrogen) atoms. The number of carbonyl (C=O) groups excluding carboxylic acids is 2. The van der Waals surface area contributed by atoms with E-state index >= 15 is 0 Å². The lowest BCUT2D eigenvalue weighted by molar-refractivity contribution is -0.134. The van der Waals surface area contributed by atoms with Gasteiger partial charge in [-0.3, -0.25) is 18.9 Å². The van der Waals surface area contributed by atoms with Gasteiger partial charge in [0, 0.05) is 26.1 Å². The predicted octanol–water partition coefficient (Wildman–Crippen LogP) is 2.25. The van der Waals surface area contributed by atoms with Crippen LogP contribution < -0.4 is 16.4 Å². The third kappa shape index (κ3) is 15.1. The topological polar surface area (TPSA) is 148 Å². The van der Waals surface area contributed by atoms with Crippen LogP contribution in [-0.4, -0.2) is 55.0 Å². The van der Waals surface area contributed by atoms with Gasteiger partial charge in [0.15, 0.2) is 0 Å². The Labute approximate surface area is 175 Å². The van der Waals surface area contributed by atoms with Crippen molar-refractivity contribution in [2.75, 3.05) is 26.1 Å². The molecule has 0 heterocycles. The van der Waals surface area contributed by atoms with Gasteiger partial charge >= 0.3 is 0 Å². The first kappa shape index (κ1) is 29.8. The highest BCUT2D eigenvalue weighted by Gasteiger charge is 2.32. The van der Waals surface area contributed by atoms with E-state index in [9.17, 15) is 14.2 Å². The zero-order valence-corrected chi connectivity index (χ0v) is 19.8. The van der Waals surface area contributed by atoms with Gasteiger partial charge in [-0.2, -0.15) is 0 Å². The van der Waals surface area contributed by atoms with Gasteiger partial charge in [0.2, 0.25) is 19.2 Å². The molecule has 0 aromatic carbocycles. The molecule has 3 atom stereocenters. The van der Waals surface area contributed by atoms with Gasteiger partial charge < -0.3 is 26.0 Å². The Morgan fingerprint density at radius 2 is 1.55 bits per heavy atom. The van der Waals surface area contributed by atoms with Crippen LogP contribution in [0.4, 0.5) is 0 Å². The Morgan fingerprint density at radius 3 is 1.90 bits per heavy atom. The number of carbonyl (C=O) groups is 3. The van der Waals surface area contributed by atoms with E-state index in [4.69, 9.17) is 20.2 Å². The number of hydrogen-bond donors (Lipinski definition) is 4. The van der Waals surface area contributed by atoms with E-state index < -0.39 is 25.3 Å². The van der Waals surface area contributed by atoms with Crippen molar-refractivity contribution >= 4 is 25.2 Å². The van der Waals surface area contributed by atoms with Crippen LogP contribution in [0.15, 0.2) is 0 Å². The number of carboxylic acid groups (broad SMARTS) is 1. The second-order valence-corrected chi connectivity index (χ2v) is 10.4. The summed E-state index contributed by atoms with van der Waals surface area (Å²) in [5.74, 6) is -1.33. The van der Waals surface area contributed by atoms with Crippen LogP contribution >= 0.6 is 7.37 Å². The van der Waals surface area contributed by atoms with Gasteiger partial charge in [0.05, 0.1) is 12.9 Å². The molecule has 0 saturated heterocycles. The van der Waals surface area contributed by atoms with E-state index in [2.05, 4.69) is 10.6 Å². The summed E-state index contributed by atoms with van der Waals surface area (Å²) in [4.78, 5) is 33.8. The predicted molar refractivity (Wildman–Crippen MR) is 115 cm³/mol. The first-order valence-corrected chi connectivity index (χ1v) is 11.9. The molecule has 0 radical (unpaired) electrons. The Morgan fingerprint density at radius 1 is 1.07 bits per heavy atom. The molecule has 5 N–H and O–H groups in total. The van der Waals surface area contributed by atoms with Crippen LogP contribution in [0.5, 0.6) is 0 Å². The van der Waals surface area contributed by atoms with E-state index in [1.54, 1.807) is 14.0 Å². The third-order valence-electron chi connectivity index (χ3n) is 3.85. The summed E-state index contributed by atoms with van der Waals surface area (Å²) in [5.41, 5.74) is 5.63. The molecular weight excluding hydrogens is 397 g/mol. The third-order valence-corrected chi connectivity index (χ3v) is 6.14. The summed E-state index contributed by atoms with van der Waals surface area (Å²) in [5, 5.41) is 12.8. The lowest BCUT2D eigenvalue weighted by Gasteiger charge is -2.26. The van der Waals surface area contributed by atoms with Gasteiger partial charge in [-0.15, -0.1) is 0 Å². The highest BCUT2D eigenvalue weighted by molar-refractivity contribution is 7.58. The minimum absolute atomic E-state index is 0.0897. The minimum Gasteiger partial charge on any atom is -0.481 e. The quantitative estimate of drug-likeness (QED) is 0.342. The molecule has 0 aliphatic carbocycles. The molecule has 2 unspecified atom stereocenters. The van der Waals surface area contributed by atoms with E-state index in [1.165, 1.54) is 0 Å². The Kier molecular flexibility index (Phi) is 15.8. The summed E-state index contributed by atoms with van der Waals surface area (Å²) in [7, 11) is -1.50. The molecule has 10 heteroatoms. The van der Waals surface area contributed by atoms with E-state index in [0.29, 0.717) is 19.4 Å². The molecule has 0 aliphatic heterocycles. The molecule has 2 amide bonds. The van der Waals surface area contributed by atoms with E-state index in [-0.39, 0.29) is 36.1 Å². The maximum Gasteiger partial charge on any atom is 0.300 e. The summed E-state index contributed by atoms with van der Waals surface area (Å²) in [6.07, 6.45) is 1.11. The normalized spacial score (nSPS) is 15.0. The number of likely N-dealkylation sites (N-methyl/N-ethyl adjacent to an activating group) is 1. The van der Waals surface area contributed by atoms with Crippen molar-refractivity contribution in [2.24, 2.45) is 23.5 Å². The first-order valence-electron chi connectivity index (χ1n) is 9.95. The van der Waals surface area contributed by atoms with Crippen molar-refractivity contribution in [2.45, 2.75) is 60.4 Å². The molecule has 0 fully saturated rings. The van der Waals surface area contributed by atoms with Gasteiger partial charge in [-0.05, 0) is 31.6 Å². The summed E-state index contributed by atoms with van der Waals surface area (Å²) in [6.45, 7) is 11.1. The monoisotopic (exact) mass is 437 g/mol. The van der Waals surface area contributed by atoms with Crippen molar-refractivity contribution < 1.29 is 28.6 Å².